The van der Waals surface area contributed by atoms with Crippen LogP contribution in [0.5, 0.6) is 0 Å². The number of rotatable bonds is 7. The Balaban J connectivity index is 1.74. The average molecular weight is 263 g/mol. The molecule has 1 aliphatic heterocycles. The molecule has 1 fully saturated rings. The van der Waals surface area contributed by atoms with Gasteiger partial charge in [0.15, 0.2) is 0 Å². The first-order valence-corrected chi connectivity index (χ1v) is 7.27. The van der Waals surface area contributed by atoms with Gasteiger partial charge in [-0.05, 0) is 43.7 Å². The summed E-state index contributed by atoms with van der Waals surface area (Å²) >= 11 is 0. The highest BCUT2D eigenvalue weighted by Crippen LogP contribution is 2.24. The van der Waals surface area contributed by atoms with Gasteiger partial charge in [0.25, 0.3) is 0 Å². The summed E-state index contributed by atoms with van der Waals surface area (Å²) < 4.78 is 5.55. The second-order valence-corrected chi connectivity index (χ2v) is 5.39. The molecule has 1 heterocycles. The van der Waals surface area contributed by atoms with Gasteiger partial charge in [0.1, 0.15) is 0 Å². The van der Waals surface area contributed by atoms with Crippen molar-refractivity contribution in [3.63, 3.8) is 0 Å². The van der Waals surface area contributed by atoms with E-state index in [4.69, 9.17) is 4.74 Å². The lowest BCUT2D eigenvalue weighted by Crippen LogP contribution is -2.22. The van der Waals surface area contributed by atoms with Crippen LogP contribution in [0.15, 0.2) is 30.3 Å². The topological polar surface area (TPSA) is 41.5 Å². The Bertz CT molecular complexity index is 349. The molecule has 1 aliphatic rings. The van der Waals surface area contributed by atoms with E-state index in [2.05, 4.69) is 17.4 Å². The Morgan fingerprint density at radius 2 is 2.11 bits per heavy atom. The molecule has 3 atom stereocenters. The number of aliphatic hydroxyl groups excluding tert-OH is 1. The van der Waals surface area contributed by atoms with Crippen molar-refractivity contribution in [2.75, 3.05) is 20.2 Å². The molecule has 1 aromatic rings. The lowest BCUT2D eigenvalue weighted by atomic mass is 9.95. The van der Waals surface area contributed by atoms with E-state index in [1.807, 2.05) is 18.2 Å². The molecule has 0 radical (unpaired) electrons. The van der Waals surface area contributed by atoms with Gasteiger partial charge in [0, 0.05) is 13.7 Å². The maximum absolute atomic E-state index is 10.1. The summed E-state index contributed by atoms with van der Waals surface area (Å²) in [6, 6.07) is 10.3. The number of hydrogen-bond acceptors (Lipinski definition) is 3. The molecule has 106 valence electrons. The molecule has 0 aromatic heterocycles. The first-order valence-electron chi connectivity index (χ1n) is 7.27. The number of benzene rings is 1. The van der Waals surface area contributed by atoms with Gasteiger partial charge in [0.2, 0.25) is 0 Å². The Kier molecular flexibility index (Phi) is 5.83. The largest absolute Gasteiger partial charge is 0.393 e. The fraction of sp³-hybridized carbons (Fsp3) is 0.625. The lowest BCUT2D eigenvalue weighted by Gasteiger charge is -2.19. The minimum absolute atomic E-state index is 0.148. The van der Waals surface area contributed by atoms with Crippen LogP contribution in [0, 0.1) is 5.92 Å². The molecule has 0 bridgehead atoms. The van der Waals surface area contributed by atoms with Crippen LogP contribution in [0.25, 0.3) is 0 Å². The van der Waals surface area contributed by atoms with Crippen LogP contribution < -0.4 is 5.32 Å². The van der Waals surface area contributed by atoms with Crippen LogP contribution in [0.1, 0.15) is 37.4 Å². The van der Waals surface area contributed by atoms with E-state index in [1.54, 1.807) is 7.11 Å². The molecule has 0 amide bonds. The van der Waals surface area contributed by atoms with Crippen LogP contribution >= 0.6 is 0 Å². The SMILES string of the molecule is COC(CCCC(O)C1CCNC1)c1ccccc1. The van der Waals surface area contributed by atoms with Gasteiger partial charge < -0.3 is 15.2 Å². The summed E-state index contributed by atoms with van der Waals surface area (Å²) in [5.74, 6) is 0.442. The highest BCUT2D eigenvalue weighted by atomic mass is 16.5. The summed E-state index contributed by atoms with van der Waals surface area (Å²) in [4.78, 5) is 0. The van der Waals surface area contributed by atoms with Gasteiger partial charge in [-0.2, -0.15) is 0 Å². The summed E-state index contributed by atoms with van der Waals surface area (Å²) in [5.41, 5.74) is 1.22. The fourth-order valence-electron chi connectivity index (χ4n) is 2.84. The maximum Gasteiger partial charge on any atom is 0.0821 e. The van der Waals surface area contributed by atoms with Crippen LogP contribution in [0.2, 0.25) is 0 Å². The average Bonchev–Trinajstić information content (AvgIpc) is 2.98. The van der Waals surface area contributed by atoms with Crippen LogP contribution in [0.4, 0.5) is 0 Å². The van der Waals surface area contributed by atoms with Crippen molar-refractivity contribution >= 4 is 0 Å². The van der Waals surface area contributed by atoms with E-state index in [9.17, 15) is 5.11 Å². The number of nitrogens with one attached hydrogen (secondary N) is 1. The number of hydrogen-bond donors (Lipinski definition) is 2. The lowest BCUT2D eigenvalue weighted by molar-refractivity contribution is 0.0751. The molecule has 0 aliphatic carbocycles. The molecule has 1 aromatic carbocycles. The van der Waals surface area contributed by atoms with Gasteiger partial charge in [-0.3, -0.25) is 0 Å². The van der Waals surface area contributed by atoms with Crippen molar-refractivity contribution in [3.05, 3.63) is 35.9 Å². The Hall–Kier alpha value is -0.900. The highest BCUT2D eigenvalue weighted by molar-refractivity contribution is 5.17. The predicted molar refractivity (Wildman–Crippen MR) is 77.0 cm³/mol. The van der Waals surface area contributed by atoms with E-state index in [-0.39, 0.29) is 12.2 Å². The van der Waals surface area contributed by atoms with E-state index in [0.717, 1.165) is 38.8 Å². The van der Waals surface area contributed by atoms with Crippen molar-refractivity contribution in [1.29, 1.82) is 0 Å². The summed E-state index contributed by atoms with van der Waals surface area (Å²) in [6.45, 7) is 2.01. The number of methoxy groups -OCH3 is 1. The zero-order valence-corrected chi connectivity index (χ0v) is 11.7. The molecule has 2 rings (SSSR count). The molecular weight excluding hydrogens is 238 g/mol. The van der Waals surface area contributed by atoms with Gasteiger partial charge in [0.05, 0.1) is 12.2 Å². The molecule has 19 heavy (non-hydrogen) atoms. The molecule has 0 spiro atoms. The summed E-state index contributed by atoms with van der Waals surface area (Å²) in [6.07, 6.45) is 3.94. The predicted octanol–water partition coefficient (Wildman–Crippen LogP) is 2.51. The summed E-state index contributed by atoms with van der Waals surface area (Å²) in [5, 5.41) is 13.4. The smallest absolute Gasteiger partial charge is 0.0821 e. The highest BCUT2D eigenvalue weighted by Gasteiger charge is 2.22. The molecule has 3 nitrogen and oxygen atoms in total. The monoisotopic (exact) mass is 263 g/mol. The van der Waals surface area contributed by atoms with Crippen molar-refractivity contribution in [2.24, 2.45) is 5.92 Å². The van der Waals surface area contributed by atoms with Crippen molar-refractivity contribution < 1.29 is 9.84 Å². The van der Waals surface area contributed by atoms with Crippen LogP contribution in [-0.2, 0) is 4.74 Å². The molecule has 1 saturated heterocycles. The zero-order chi connectivity index (χ0) is 13.5. The van der Waals surface area contributed by atoms with E-state index in [0.29, 0.717) is 5.92 Å². The quantitative estimate of drug-likeness (QED) is 0.794. The first-order chi connectivity index (χ1) is 9.31. The third-order valence-corrected chi connectivity index (χ3v) is 4.06. The van der Waals surface area contributed by atoms with Crippen molar-refractivity contribution in [1.82, 2.24) is 5.32 Å². The summed E-state index contributed by atoms with van der Waals surface area (Å²) in [7, 11) is 1.76. The number of aliphatic hydroxyl groups is 1. The fourth-order valence-corrected chi connectivity index (χ4v) is 2.84. The van der Waals surface area contributed by atoms with Crippen LogP contribution in [0.3, 0.4) is 0 Å². The molecular formula is C16H25NO2. The Morgan fingerprint density at radius 1 is 1.32 bits per heavy atom. The second kappa shape index (κ2) is 7.63. The van der Waals surface area contributed by atoms with E-state index < -0.39 is 0 Å². The Morgan fingerprint density at radius 3 is 2.74 bits per heavy atom. The zero-order valence-electron chi connectivity index (χ0n) is 11.7. The number of ether oxygens (including phenoxy) is 1. The first kappa shape index (κ1) is 14.5. The van der Waals surface area contributed by atoms with Gasteiger partial charge in [-0.1, -0.05) is 30.3 Å². The normalized spacial score (nSPS) is 22.3. The molecule has 0 saturated carbocycles. The van der Waals surface area contributed by atoms with Gasteiger partial charge in [-0.25, -0.2) is 0 Å². The van der Waals surface area contributed by atoms with E-state index >= 15 is 0 Å². The van der Waals surface area contributed by atoms with Crippen LogP contribution in [-0.4, -0.2) is 31.4 Å². The van der Waals surface area contributed by atoms with Gasteiger partial charge >= 0.3 is 0 Å². The van der Waals surface area contributed by atoms with E-state index in [1.165, 1.54) is 5.56 Å². The van der Waals surface area contributed by atoms with Gasteiger partial charge in [-0.15, -0.1) is 0 Å². The third-order valence-electron chi connectivity index (χ3n) is 4.06. The maximum atomic E-state index is 10.1. The Labute approximate surface area is 116 Å². The molecule has 2 N–H and O–H groups in total. The van der Waals surface area contributed by atoms with Crippen molar-refractivity contribution in [3.8, 4) is 0 Å². The standard InChI is InChI=1S/C16H25NO2/c1-19-16(13-6-3-2-4-7-13)9-5-8-15(18)14-10-11-17-12-14/h2-4,6-7,14-18H,5,8-12H2,1H3. The minimum Gasteiger partial charge on any atom is -0.393 e. The minimum atomic E-state index is -0.164. The molecule has 3 heteroatoms. The second-order valence-electron chi connectivity index (χ2n) is 5.39. The third kappa shape index (κ3) is 4.30. The molecule has 3 unspecified atom stereocenters. The van der Waals surface area contributed by atoms with Crippen molar-refractivity contribution in [2.45, 2.75) is 37.9 Å².